The fourth-order valence-corrected chi connectivity index (χ4v) is 5.55. The molecule has 1 atom stereocenters. The highest BCUT2D eigenvalue weighted by Gasteiger charge is 2.33. The normalized spacial score (nSPS) is 21.1. The van der Waals surface area contributed by atoms with Crippen molar-refractivity contribution in [2.75, 3.05) is 31.6 Å². The summed E-state index contributed by atoms with van der Waals surface area (Å²) in [6.07, 6.45) is 0.260. The lowest BCUT2D eigenvalue weighted by molar-refractivity contribution is -0.117. The minimum Gasteiger partial charge on any atom is -0.315 e. The first-order chi connectivity index (χ1) is 13.4. The van der Waals surface area contributed by atoms with Crippen LogP contribution in [0.3, 0.4) is 0 Å². The van der Waals surface area contributed by atoms with Crippen LogP contribution in [0.25, 0.3) is 0 Å². The average Bonchev–Trinajstić information content (AvgIpc) is 2.97. The maximum absolute atomic E-state index is 13.2. The third-order valence-corrected chi connectivity index (χ3v) is 7.58. The summed E-state index contributed by atoms with van der Waals surface area (Å²) in [5.41, 5.74) is 2.81. The molecule has 0 aliphatic carbocycles. The lowest BCUT2D eigenvalue weighted by Gasteiger charge is -2.39. The third-order valence-electron chi connectivity index (χ3n) is 5.72. The molecule has 1 unspecified atom stereocenters. The molecule has 2 aromatic carbocycles. The van der Waals surface area contributed by atoms with Gasteiger partial charge in [-0.05, 0) is 36.2 Å². The number of hydrogen-bond acceptors (Lipinski definition) is 4. The molecule has 2 aromatic rings. The number of piperazine rings is 1. The van der Waals surface area contributed by atoms with Crippen molar-refractivity contribution in [1.82, 2.24) is 9.21 Å². The van der Waals surface area contributed by atoms with Gasteiger partial charge in [-0.3, -0.25) is 9.69 Å². The molecule has 1 saturated heterocycles. The zero-order valence-corrected chi connectivity index (χ0v) is 17.0. The maximum atomic E-state index is 13.2. The van der Waals surface area contributed by atoms with Crippen LogP contribution in [0.2, 0.25) is 0 Å². The summed E-state index contributed by atoms with van der Waals surface area (Å²) in [7, 11) is -1.85. The second-order valence-corrected chi connectivity index (χ2v) is 9.53. The number of benzene rings is 2. The minimum absolute atomic E-state index is 0.00676. The molecule has 2 heterocycles. The van der Waals surface area contributed by atoms with E-state index in [-0.39, 0.29) is 23.3 Å². The van der Waals surface area contributed by atoms with Crippen LogP contribution >= 0.6 is 0 Å². The van der Waals surface area contributed by atoms with E-state index in [1.807, 2.05) is 18.2 Å². The fraction of sp³-hybridized carbons (Fsp3) is 0.381. The Kier molecular flexibility index (Phi) is 4.99. The first-order valence-electron chi connectivity index (χ1n) is 9.54. The van der Waals surface area contributed by atoms with E-state index in [9.17, 15) is 13.2 Å². The SMILES string of the molecule is CC1CN(S(=O)(=O)c2ccc3c(c2)CC(=O)N3C)CCN1Cc1ccccc1. The summed E-state index contributed by atoms with van der Waals surface area (Å²) in [5, 5.41) is 0. The molecular weight excluding hydrogens is 374 g/mol. The molecule has 1 amide bonds. The highest BCUT2D eigenvalue weighted by Crippen LogP contribution is 2.31. The van der Waals surface area contributed by atoms with E-state index in [4.69, 9.17) is 0 Å². The van der Waals surface area contributed by atoms with E-state index in [2.05, 4.69) is 24.0 Å². The van der Waals surface area contributed by atoms with Crippen molar-refractivity contribution < 1.29 is 13.2 Å². The topological polar surface area (TPSA) is 60.9 Å². The Bertz CT molecular complexity index is 991. The molecule has 0 aromatic heterocycles. The first-order valence-corrected chi connectivity index (χ1v) is 11.0. The molecule has 0 saturated carbocycles. The van der Waals surface area contributed by atoms with E-state index >= 15 is 0 Å². The molecule has 0 radical (unpaired) electrons. The first kappa shape index (κ1) is 19.1. The molecule has 0 N–H and O–H groups in total. The van der Waals surface area contributed by atoms with Crippen molar-refractivity contribution in [1.29, 1.82) is 0 Å². The smallest absolute Gasteiger partial charge is 0.243 e. The second-order valence-electron chi connectivity index (χ2n) is 7.59. The van der Waals surface area contributed by atoms with Gasteiger partial charge in [-0.1, -0.05) is 30.3 Å². The van der Waals surface area contributed by atoms with Gasteiger partial charge in [0.25, 0.3) is 0 Å². The summed E-state index contributed by atoms with van der Waals surface area (Å²) in [6, 6.07) is 15.4. The number of rotatable bonds is 4. The number of likely N-dealkylation sites (N-methyl/N-ethyl adjacent to an activating group) is 1. The molecule has 7 heteroatoms. The van der Waals surface area contributed by atoms with E-state index in [1.54, 1.807) is 34.5 Å². The van der Waals surface area contributed by atoms with Crippen LogP contribution in [0.15, 0.2) is 53.4 Å². The Hall–Kier alpha value is -2.22. The van der Waals surface area contributed by atoms with Crippen LogP contribution < -0.4 is 4.90 Å². The number of nitrogens with zero attached hydrogens (tertiary/aromatic N) is 3. The third kappa shape index (κ3) is 3.45. The van der Waals surface area contributed by atoms with Gasteiger partial charge in [0, 0.05) is 45.0 Å². The molecule has 0 bridgehead atoms. The summed E-state index contributed by atoms with van der Waals surface area (Å²) in [5.74, 6) is -0.00676. The maximum Gasteiger partial charge on any atom is 0.243 e. The molecule has 148 valence electrons. The van der Waals surface area contributed by atoms with Gasteiger partial charge in [-0.15, -0.1) is 0 Å². The zero-order valence-electron chi connectivity index (χ0n) is 16.2. The van der Waals surface area contributed by atoms with E-state index < -0.39 is 10.0 Å². The van der Waals surface area contributed by atoms with Crippen molar-refractivity contribution in [3.63, 3.8) is 0 Å². The Balaban J connectivity index is 1.49. The summed E-state index contributed by atoms with van der Waals surface area (Å²) in [6.45, 7) is 4.52. The standard InChI is InChI=1S/C21H25N3O3S/c1-16-14-24(11-10-23(16)15-17-6-4-3-5-7-17)28(26,27)19-8-9-20-18(12-19)13-21(25)22(20)2/h3-9,12,16H,10-11,13-15H2,1-2H3. The van der Waals surface area contributed by atoms with Crippen LogP contribution in [0.5, 0.6) is 0 Å². The minimum atomic E-state index is -3.57. The number of hydrogen-bond donors (Lipinski definition) is 0. The Morgan fingerprint density at radius 2 is 1.82 bits per heavy atom. The van der Waals surface area contributed by atoms with Crippen molar-refractivity contribution in [3.05, 3.63) is 59.7 Å². The molecule has 6 nitrogen and oxygen atoms in total. The fourth-order valence-electron chi connectivity index (χ4n) is 3.99. The number of sulfonamides is 1. The molecule has 1 fully saturated rings. The highest BCUT2D eigenvalue weighted by atomic mass is 32.2. The quantitative estimate of drug-likeness (QED) is 0.790. The Morgan fingerprint density at radius 3 is 2.54 bits per heavy atom. The van der Waals surface area contributed by atoms with Gasteiger partial charge in [-0.2, -0.15) is 4.31 Å². The number of carbonyl (C=O) groups excluding carboxylic acids is 1. The largest absolute Gasteiger partial charge is 0.315 e. The zero-order chi connectivity index (χ0) is 19.9. The van der Waals surface area contributed by atoms with Crippen molar-refractivity contribution in [2.45, 2.75) is 30.8 Å². The van der Waals surface area contributed by atoms with E-state index in [0.717, 1.165) is 17.8 Å². The Labute approximate surface area is 166 Å². The lowest BCUT2D eigenvalue weighted by Crippen LogP contribution is -2.53. The predicted molar refractivity (Wildman–Crippen MR) is 109 cm³/mol. The monoisotopic (exact) mass is 399 g/mol. The van der Waals surface area contributed by atoms with Crippen LogP contribution in [0.4, 0.5) is 5.69 Å². The second kappa shape index (κ2) is 7.31. The van der Waals surface area contributed by atoms with Gasteiger partial charge in [0.2, 0.25) is 15.9 Å². The van der Waals surface area contributed by atoms with E-state index in [0.29, 0.717) is 19.6 Å². The van der Waals surface area contributed by atoms with Gasteiger partial charge >= 0.3 is 0 Å². The number of carbonyl (C=O) groups is 1. The molecule has 0 spiro atoms. The van der Waals surface area contributed by atoms with Gasteiger partial charge in [0.05, 0.1) is 11.3 Å². The van der Waals surface area contributed by atoms with Crippen molar-refractivity contribution >= 4 is 21.6 Å². The van der Waals surface area contributed by atoms with Crippen molar-refractivity contribution in [2.24, 2.45) is 0 Å². The van der Waals surface area contributed by atoms with Gasteiger partial charge < -0.3 is 4.90 Å². The van der Waals surface area contributed by atoms with Gasteiger partial charge in [0.1, 0.15) is 0 Å². The average molecular weight is 400 g/mol. The molecular formula is C21H25N3O3S. The number of amides is 1. The van der Waals surface area contributed by atoms with Crippen LogP contribution in [-0.2, 0) is 27.8 Å². The lowest BCUT2D eigenvalue weighted by atomic mass is 10.1. The number of fused-ring (bicyclic) bond motifs is 1. The summed E-state index contributed by atoms with van der Waals surface area (Å²) in [4.78, 5) is 16.1. The summed E-state index contributed by atoms with van der Waals surface area (Å²) < 4.78 is 27.9. The van der Waals surface area contributed by atoms with Gasteiger partial charge in [0.15, 0.2) is 0 Å². The van der Waals surface area contributed by atoms with Crippen LogP contribution in [-0.4, -0.2) is 56.3 Å². The van der Waals surface area contributed by atoms with Gasteiger partial charge in [-0.25, -0.2) is 8.42 Å². The highest BCUT2D eigenvalue weighted by molar-refractivity contribution is 7.89. The number of anilines is 1. The van der Waals surface area contributed by atoms with Crippen LogP contribution in [0.1, 0.15) is 18.1 Å². The molecule has 2 aliphatic heterocycles. The molecule has 2 aliphatic rings. The van der Waals surface area contributed by atoms with E-state index in [1.165, 1.54) is 5.56 Å². The van der Waals surface area contributed by atoms with Crippen molar-refractivity contribution in [3.8, 4) is 0 Å². The predicted octanol–water partition coefficient (Wildman–Crippen LogP) is 2.10. The molecule has 4 rings (SSSR count). The molecule has 28 heavy (non-hydrogen) atoms. The Morgan fingerprint density at radius 1 is 1.07 bits per heavy atom. The van der Waals surface area contributed by atoms with Crippen LogP contribution in [0, 0.1) is 0 Å². The summed E-state index contributed by atoms with van der Waals surface area (Å²) >= 11 is 0.